The summed E-state index contributed by atoms with van der Waals surface area (Å²) < 4.78 is 8.61. The Hall–Kier alpha value is -3.30. The SMILES string of the molecule is Cn1c(=O)n(C2CCC(=O)NC2=O)c2cccc(NC3CC4(CCN(C(=O)OC(C)(C)C)CC4)C3)c21. The second-order valence-electron chi connectivity index (χ2n) is 11.6. The lowest BCUT2D eigenvalue weighted by Crippen LogP contribution is -2.53. The normalized spacial score (nSPS) is 22.4. The Labute approximate surface area is 209 Å². The smallest absolute Gasteiger partial charge is 0.410 e. The third kappa shape index (κ3) is 4.37. The Kier molecular flexibility index (Phi) is 5.88. The molecule has 3 heterocycles. The van der Waals surface area contributed by atoms with Crippen molar-refractivity contribution in [2.45, 2.75) is 77.0 Å². The van der Waals surface area contributed by atoms with Crippen LogP contribution in [0, 0.1) is 5.41 Å². The summed E-state index contributed by atoms with van der Waals surface area (Å²) in [5.41, 5.74) is 1.78. The predicted molar refractivity (Wildman–Crippen MR) is 135 cm³/mol. The van der Waals surface area contributed by atoms with Crippen LogP contribution in [0.5, 0.6) is 0 Å². The number of hydrogen-bond acceptors (Lipinski definition) is 6. The molecule has 1 aromatic heterocycles. The molecular formula is C26H35N5O5. The van der Waals surface area contributed by atoms with Gasteiger partial charge >= 0.3 is 11.8 Å². The van der Waals surface area contributed by atoms with Crippen LogP contribution in [-0.4, -0.2) is 56.7 Å². The van der Waals surface area contributed by atoms with Gasteiger partial charge in [-0.15, -0.1) is 0 Å². The van der Waals surface area contributed by atoms with Crippen LogP contribution in [0.15, 0.2) is 23.0 Å². The highest BCUT2D eigenvalue weighted by molar-refractivity contribution is 6.00. The lowest BCUT2D eigenvalue weighted by molar-refractivity contribution is -0.135. The minimum absolute atomic E-state index is 0.215. The van der Waals surface area contributed by atoms with E-state index in [9.17, 15) is 19.2 Å². The Morgan fingerprint density at radius 1 is 1.14 bits per heavy atom. The van der Waals surface area contributed by atoms with E-state index in [0.717, 1.165) is 36.9 Å². The number of anilines is 1. The highest BCUT2D eigenvalue weighted by Gasteiger charge is 2.47. The van der Waals surface area contributed by atoms with Crippen LogP contribution in [-0.2, 0) is 21.4 Å². The Bertz CT molecular complexity index is 1270. The molecule has 3 amide bonds. The number of hydrogen-bond donors (Lipinski definition) is 2. The van der Waals surface area contributed by atoms with E-state index >= 15 is 0 Å². The summed E-state index contributed by atoms with van der Waals surface area (Å²) in [4.78, 5) is 51.4. The van der Waals surface area contributed by atoms with Gasteiger partial charge in [-0.25, -0.2) is 9.59 Å². The summed E-state index contributed by atoms with van der Waals surface area (Å²) in [6.07, 6.45) is 4.22. The second kappa shape index (κ2) is 8.67. The standard InChI is InChI=1S/C26H35N5O5/c1-25(2,3)36-24(35)30-12-10-26(11-13-30)14-16(15-26)27-17-6-5-7-18-21(17)29(4)23(34)31(18)19-8-9-20(32)28-22(19)33/h5-7,16,19,27H,8-15H2,1-4H3,(H,28,32,33). The highest BCUT2D eigenvalue weighted by Crippen LogP contribution is 2.50. The molecule has 2 N–H and O–H groups in total. The van der Waals surface area contributed by atoms with Crippen molar-refractivity contribution >= 4 is 34.6 Å². The van der Waals surface area contributed by atoms with Gasteiger partial charge in [-0.3, -0.25) is 24.0 Å². The average molecular weight is 498 g/mol. The molecule has 0 bridgehead atoms. The Balaban J connectivity index is 1.27. The van der Waals surface area contributed by atoms with Crippen molar-refractivity contribution in [2.75, 3.05) is 18.4 Å². The topological polar surface area (TPSA) is 115 Å². The van der Waals surface area contributed by atoms with Crippen molar-refractivity contribution in [1.82, 2.24) is 19.4 Å². The Morgan fingerprint density at radius 3 is 2.47 bits per heavy atom. The second-order valence-corrected chi connectivity index (χ2v) is 11.6. The number of ether oxygens (including phenoxy) is 1. The molecule has 3 fully saturated rings. The summed E-state index contributed by atoms with van der Waals surface area (Å²) >= 11 is 0. The first-order chi connectivity index (χ1) is 17.0. The van der Waals surface area contributed by atoms with Gasteiger partial charge in [-0.2, -0.15) is 0 Å². The van der Waals surface area contributed by atoms with Crippen LogP contribution in [0.2, 0.25) is 0 Å². The van der Waals surface area contributed by atoms with Crippen molar-refractivity contribution in [3.8, 4) is 0 Å². The summed E-state index contributed by atoms with van der Waals surface area (Å²) in [7, 11) is 1.72. The van der Waals surface area contributed by atoms with Gasteiger partial charge in [-0.05, 0) is 70.4 Å². The summed E-state index contributed by atoms with van der Waals surface area (Å²) in [5, 5.41) is 5.98. The van der Waals surface area contributed by atoms with Crippen LogP contribution >= 0.6 is 0 Å². The van der Waals surface area contributed by atoms with Crippen molar-refractivity contribution in [3.05, 3.63) is 28.7 Å². The first kappa shape index (κ1) is 24.4. The first-order valence-corrected chi connectivity index (χ1v) is 12.7. The maximum Gasteiger partial charge on any atom is 0.410 e. The van der Waals surface area contributed by atoms with Gasteiger partial charge in [0.05, 0.1) is 16.7 Å². The quantitative estimate of drug-likeness (QED) is 0.631. The van der Waals surface area contributed by atoms with E-state index in [-0.39, 0.29) is 35.6 Å². The summed E-state index contributed by atoms with van der Waals surface area (Å²) in [5.74, 6) is -0.736. The third-order valence-electron chi connectivity index (χ3n) is 7.82. The largest absolute Gasteiger partial charge is 0.444 e. The van der Waals surface area contributed by atoms with E-state index < -0.39 is 17.6 Å². The number of aryl methyl sites for hydroxylation is 1. The van der Waals surface area contributed by atoms with Gasteiger partial charge in [0.25, 0.3) is 0 Å². The van der Waals surface area contributed by atoms with Crippen LogP contribution < -0.4 is 16.3 Å². The minimum Gasteiger partial charge on any atom is -0.444 e. The van der Waals surface area contributed by atoms with E-state index in [4.69, 9.17) is 4.74 Å². The number of carbonyl (C=O) groups excluding carboxylic acids is 3. The monoisotopic (exact) mass is 497 g/mol. The van der Waals surface area contributed by atoms with Gasteiger partial charge < -0.3 is 15.0 Å². The molecule has 10 heteroatoms. The molecule has 194 valence electrons. The Morgan fingerprint density at radius 2 is 1.83 bits per heavy atom. The predicted octanol–water partition coefficient (Wildman–Crippen LogP) is 2.91. The van der Waals surface area contributed by atoms with Gasteiger partial charge in [0.2, 0.25) is 11.8 Å². The molecule has 2 aliphatic heterocycles. The number of rotatable bonds is 3. The van der Waals surface area contributed by atoms with Gasteiger partial charge in [0, 0.05) is 32.6 Å². The number of imide groups is 1. The fourth-order valence-corrected chi connectivity index (χ4v) is 5.99. The molecule has 5 rings (SSSR count). The van der Waals surface area contributed by atoms with Crippen molar-refractivity contribution in [3.63, 3.8) is 0 Å². The number of imidazole rings is 1. The van der Waals surface area contributed by atoms with E-state index in [1.807, 2.05) is 43.9 Å². The maximum absolute atomic E-state index is 13.1. The molecule has 1 aliphatic carbocycles. The lowest BCUT2D eigenvalue weighted by atomic mass is 9.60. The maximum atomic E-state index is 13.1. The minimum atomic E-state index is -0.698. The number of likely N-dealkylation sites (tertiary alicyclic amines) is 1. The molecule has 1 unspecified atom stereocenters. The molecule has 1 spiro atoms. The van der Waals surface area contributed by atoms with Gasteiger partial charge in [0.1, 0.15) is 11.6 Å². The summed E-state index contributed by atoms with van der Waals surface area (Å²) in [6.45, 7) is 7.07. The molecule has 0 radical (unpaired) electrons. The molecule has 1 saturated carbocycles. The fraction of sp³-hybridized carbons (Fsp3) is 0.615. The summed E-state index contributed by atoms with van der Waals surface area (Å²) in [6, 6.07) is 5.28. The molecule has 2 saturated heterocycles. The molecular weight excluding hydrogens is 462 g/mol. The number of aromatic nitrogens is 2. The number of nitrogens with one attached hydrogen (secondary N) is 2. The first-order valence-electron chi connectivity index (χ1n) is 12.7. The lowest BCUT2D eigenvalue weighted by Gasteiger charge is -2.52. The zero-order valence-electron chi connectivity index (χ0n) is 21.4. The molecule has 1 aromatic carbocycles. The van der Waals surface area contributed by atoms with Gasteiger partial charge in [-0.1, -0.05) is 6.07 Å². The number of carbonyl (C=O) groups is 3. The molecule has 3 aliphatic rings. The number of fused-ring (bicyclic) bond motifs is 1. The third-order valence-corrected chi connectivity index (χ3v) is 7.82. The van der Waals surface area contributed by atoms with Crippen molar-refractivity contribution in [1.29, 1.82) is 0 Å². The van der Waals surface area contributed by atoms with E-state index in [0.29, 0.717) is 25.0 Å². The zero-order chi connectivity index (χ0) is 25.8. The van der Waals surface area contributed by atoms with E-state index in [1.54, 1.807) is 11.6 Å². The zero-order valence-corrected chi connectivity index (χ0v) is 21.4. The van der Waals surface area contributed by atoms with Crippen LogP contribution in [0.4, 0.5) is 10.5 Å². The molecule has 2 aromatic rings. The molecule has 36 heavy (non-hydrogen) atoms. The van der Waals surface area contributed by atoms with E-state index in [1.165, 1.54) is 4.57 Å². The molecule has 1 atom stereocenters. The number of para-hydroxylation sites is 1. The number of nitrogens with zero attached hydrogens (tertiary/aromatic N) is 3. The number of benzene rings is 1. The number of piperidine rings is 2. The highest BCUT2D eigenvalue weighted by atomic mass is 16.6. The van der Waals surface area contributed by atoms with E-state index in [2.05, 4.69) is 10.6 Å². The average Bonchev–Trinajstić information content (AvgIpc) is 3.03. The van der Waals surface area contributed by atoms with Crippen LogP contribution in [0.25, 0.3) is 11.0 Å². The number of amides is 3. The van der Waals surface area contributed by atoms with Crippen LogP contribution in [0.3, 0.4) is 0 Å². The van der Waals surface area contributed by atoms with Crippen molar-refractivity contribution < 1.29 is 19.1 Å². The fourth-order valence-electron chi connectivity index (χ4n) is 5.99. The van der Waals surface area contributed by atoms with Crippen LogP contribution in [0.1, 0.15) is 65.3 Å². The van der Waals surface area contributed by atoms with Gasteiger partial charge in [0.15, 0.2) is 0 Å². The molecule has 10 nitrogen and oxygen atoms in total. The van der Waals surface area contributed by atoms with Crippen molar-refractivity contribution in [2.24, 2.45) is 12.5 Å².